The van der Waals surface area contributed by atoms with Crippen molar-refractivity contribution in [2.45, 2.75) is 31.8 Å². The molecule has 1 aromatic carbocycles. The largest absolute Gasteiger partial charge is 0.484 e. The summed E-state index contributed by atoms with van der Waals surface area (Å²) in [4.78, 5) is 17.8. The molecule has 1 amide bonds. The van der Waals surface area contributed by atoms with Crippen molar-refractivity contribution in [1.29, 1.82) is 0 Å². The van der Waals surface area contributed by atoms with Crippen LogP contribution in [0.1, 0.15) is 24.8 Å². The number of carbonyl (C=O) groups is 1. The minimum Gasteiger partial charge on any atom is -0.484 e. The fraction of sp³-hybridized carbons (Fsp3) is 0.619. The minimum absolute atomic E-state index is 0.118. The maximum atomic E-state index is 10.9. The van der Waals surface area contributed by atoms with Gasteiger partial charge in [0, 0.05) is 45.9 Å². The molecular weight excluding hydrogens is 370 g/mol. The summed E-state index contributed by atoms with van der Waals surface area (Å²) in [6.45, 7) is 5.73. The molecule has 2 heterocycles. The van der Waals surface area contributed by atoms with Crippen LogP contribution in [-0.4, -0.2) is 69.3 Å². The van der Waals surface area contributed by atoms with Crippen LogP contribution < -0.4 is 21.1 Å². The van der Waals surface area contributed by atoms with Crippen LogP contribution in [0.3, 0.4) is 0 Å². The zero-order valence-electron chi connectivity index (χ0n) is 17.2. The summed E-state index contributed by atoms with van der Waals surface area (Å²) in [5, 5.41) is 6.90. The van der Waals surface area contributed by atoms with E-state index < -0.39 is 5.91 Å². The molecule has 0 aliphatic carbocycles. The average molecular weight is 404 g/mol. The SMILES string of the molecule is CN=C(NCc1cccc(OCC(N)=O)c1)NC1CCN(CC2CCOC2)CC1. The maximum Gasteiger partial charge on any atom is 0.255 e. The van der Waals surface area contributed by atoms with Gasteiger partial charge in [0.1, 0.15) is 5.75 Å². The highest BCUT2D eigenvalue weighted by atomic mass is 16.5. The lowest BCUT2D eigenvalue weighted by Gasteiger charge is -2.34. The van der Waals surface area contributed by atoms with Gasteiger partial charge < -0.3 is 30.7 Å². The number of aliphatic imine (C=N–C) groups is 1. The summed E-state index contributed by atoms with van der Waals surface area (Å²) in [6, 6.07) is 8.04. The summed E-state index contributed by atoms with van der Waals surface area (Å²) in [5.41, 5.74) is 6.17. The van der Waals surface area contributed by atoms with Gasteiger partial charge >= 0.3 is 0 Å². The smallest absolute Gasteiger partial charge is 0.255 e. The Labute approximate surface area is 172 Å². The van der Waals surface area contributed by atoms with Gasteiger partial charge in [0.05, 0.1) is 6.61 Å². The standard InChI is InChI=1S/C21H33N5O3/c1-23-21(24-12-16-3-2-4-19(11-16)29-15-20(22)27)25-18-5-8-26(9-6-18)13-17-7-10-28-14-17/h2-4,11,17-18H,5-10,12-15H2,1H3,(H2,22,27)(H2,23,24,25). The summed E-state index contributed by atoms with van der Waals surface area (Å²) < 4.78 is 10.8. The van der Waals surface area contributed by atoms with E-state index in [2.05, 4.69) is 20.5 Å². The first kappa shape index (κ1) is 21.4. The van der Waals surface area contributed by atoms with Crippen molar-refractivity contribution < 1.29 is 14.3 Å². The number of hydrogen-bond donors (Lipinski definition) is 3. The average Bonchev–Trinajstić information content (AvgIpc) is 3.24. The molecule has 0 saturated carbocycles. The van der Waals surface area contributed by atoms with E-state index in [1.54, 1.807) is 7.05 Å². The van der Waals surface area contributed by atoms with E-state index in [0.29, 0.717) is 24.3 Å². The highest BCUT2D eigenvalue weighted by Crippen LogP contribution is 2.18. The number of benzene rings is 1. The van der Waals surface area contributed by atoms with Crippen LogP contribution >= 0.6 is 0 Å². The summed E-state index contributed by atoms with van der Waals surface area (Å²) in [5.74, 6) is 1.65. The lowest BCUT2D eigenvalue weighted by atomic mass is 10.0. The number of guanidine groups is 1. The maximum absolute atomic E-state index is 10.9. The third kappa shape index (κ3) is 7.21. The molecule has 29 heavy (non-hydrogen) atoms. The van der Waals surface area contributed by atoms with Gasteiger partial charge in [-0.2, -0.15) is 0 Å². The Morgan fingerprint density at radius 3 is 2.86 bits per heavy atom. The molecule has 2 saturated heterocycles. The monoisotopic (exact) mass is 403 g/mol. The quantitative estimate of drug-likeness (QED) is 0.437. The number of carbonyl (C=O) groups excluding carboxylic acids is 1. The van der Waals surface area contributed by atoms with Gasteiger partial charge in [-0.25, -0.2) is 0 Å². The van der Waals surface area contributed by atoms with Crippen molar-refractivity contribution >= 4 is 11.9 Å². The van der Waals surface area contributed by atoms with Gasteiger partial charge in [0.15, 0.2) is 12.6 Å². The molecule has 2 aliphatic rings. The summed E-state index contributed by atoms with van der Waals surface area (Å²) in [6.07, 6.45) is 3.43. The van der Waals surface area contributed by atoms with E-state index in [9.17, 15) is 4.79 Å². The number of amides is 1. The number of nitrogens with two attached hydrogens (primary N) is 1. The van der Waals surface area contributed by atoms with Gasteiger partial charge in [0.2, 0.25) is 0 Å². The fourth-order valence-electron chi connectivity index (χ4n) is 3.83. The molecule has 2 fully saturated rings. The van der Waals surface area contributed by atoms with Crippen molar-refractivity contribution in [1.82, 2.24) is 15.5 Å². The van der Waals surface area contributed by atoms with Gasteiger partial charge in [0.25, 0.3) is 5.91 Å². The Kier molecular flexibility index (Phi) is 8.13. The van der Waals surface area contributed by atoms with Crippen LogP contribution in [-0.2, 0) is 16.1 Å². The third-order valence-corrected chi connectivity index (χ3v) is 5.43. The molecule has 0 aromatic heterocycles. The van der Waals surface area contributed by atoms with Crippen molar-refractivity contribution in [3.8, 4) is 5.75 Å². The van der Waals surface area contributed by atoms with E-state index >= 15 is 0 Å². The Morgan fingerprint density at radius 2 is 2.17 bits per heavy atom. The van der Waals surface area contributed by atoms with Crippen molar-refractivity contribution in [3.63, 3.8) is 0 Å². The third-order valence-electron chi connectivity index (χ3n) is 5.43. The second-order valence-electron chi connectivity index (χ2n) is 7.78. The Hall–Kier alpha value is -2.32. The first-order chi connectivity index (χ1) is 14.1. The molecule has 0 spiro atoms. The molecule has 8 nitrogen and oxygen atoms in total. The molecule has 1 aromatic rings. The molecule has 160 valence electrons. The van der Waals surface area contributed by atoms with Crippen molar-refractivity contribution in [3.05, 3.63) is 29.8 Å². The Morgan fingerprint density at radius 1 is 1.34 bits per heavy atom. The topological polar surface area (TPSA) is 101 Å². The number of rotatable bonds is 8. The number of likely N-dealkylation sites (tertiary alicyclic amines) is 1. The molecule has 4 N–H and O–H groups in total. The van der Waals surface area contributed by atoms with Crippen LogP contribution in [0.4, 0.5) is 0 Å². The molecule has 1 atom stereocenters. The summed E-state index contributed by atoms with van der Waals surface area (Å²) in [7, 11) is 1.79. The van der Waals surface area contributed by atoms with E-state index in [-0.39, 0.29) is 6.61 Å². The van der Waals surface area contributed by atoms with Crippen LogP contribution in [0, 0.1) is 5.92 Å². The normalized spacial score (nSPS) is 21.1. The van der Waals surface area contributed by atoms with Crippen LogP contribution in [0.15, 0.2) is 29.3 Å². The lowest BCUT2D eigenvalue weighted by Crippen LogP contribution is -2.49. The molecule has 0 radical (unpaired) electrons. The number of hydrogen-bond acceptors (Lipinski definition) is 5. The van der Waals surface area contributed by atoms with Gasteiger partial charge in [-0.3, -0.25) is 9.79 Å². The van der Waals surface area contributed by atoms with Gasteiger partial charge in [-0.05, 0) is 42.9 Å². The van der Waals surface area contributed by atoms with Gasteiger partial charge in [-0.15, -0.1) is 0 Å². The van der Waals surface area contributed by atoms with Crippen molar-refractivity contribution in [2.75, 3.05) is 46.5 Å². The highest BCUT2D eigenvalue weighted by molar-refractivity contribution is 5.80. The molecule has 2 aliphatic heterocycles. The number of nitrogens with one attached hydrogen (secondary N) is 2. The predicted molar refractivity (Wildman–Crippen MR) is 113 cm³/mol. The molecule has 0 bridgehead atoms. The second-order valence-corrected chi connectivity index (χ2v) is 7.78. The second kappa shape index (κ2) is 11.0. The van der Waals surface area contributed by atoms with E-state index in [0.717, 1.165) is 57.2 Å². The molecular formula is C21H33N5O3. The number of ether oxygens (including phenoxy) is 2. The highest BCUT2D eigenvalue weighted by Gasteiger charge is 2.24. The fourth-order valence-corrected chi connectivity index (χ4v) is 3.83. The van der Waals surface area contributed by atoms with Gasteiger partial charge in [-0.1, -0.05) is 12.1 Å². The van der Waals surface area contributed by atoms with Crippen LogP contribution in [0.2, 0.25) is 0 Å². The van der Waals surface area contributed by atoms with E-state index in [1.807, 2.05) is 24.3 Å². The zero-order chi connectivity index (χ0) is 20.5. The zero-order valence-corrected chi connectivity index (χ0v) is 17.2. The number of primary amides is 1. The minimum atomic E-state index is -0.485. The Bertz CT molecular complexity index is 683. The molecule has 1 unspecified atom stereocenters. The number of nitrogens with zero attached hydrogens (tertiary/aromatic N) is 2. The Balaban J connectivity index is 1.39. The predicted octanol–water partition coefficient (Wildman–Crippen LogP) is 0.717. The first-order valence-electron chi connectivity index (χ1n) is 10.4. The molecule has 8 heteroatoms. The van der Waals surface area contributed by atoms with E-state index in [1.165, 1.54) is 6.42 Å². The first-order valence-corrected chi connectivity index (χ1v) is 10.4. The van der Waals surface area contributed by atoms with E-state index in [4.69, 9.17) is 15.2 Å². The van der Waals surface area contributed by atoms with Crippen LogP contribution in [0.25, 0.3) is 0 Å². The van der Waals surface area contributed by atoms with Crippen LogP contribution in [0.5, 0.6) is 5.75 Å². The molecule has 3 rings (SSSR count). The lowest BCUT2D eigenvalue weighted by molar-refractivity contribution is -0.119. The number of piperidine rings is 1. The summed E-state index contributed by atoms with van der Waals surface area (Å²) >= 11 is 0. The van der Waals surface area contributed by atoms with Crippen molar-refractivity contribution in [2.24, 2.45) is 16.6 Å².